The Kier molecular flexibility index (Phi) is 3.61. The number of phenolic OH excluding ortho intramolecular Hbond substituents is 1. The first kappa shape index (κ1) is 13.9. The molecule has 0 saturated heterocycles. The highest BCUT2D eigenvalue weighted by molar-refractivity contribution is 5.98. The normalized spacial score (nSPS) is 18.3. The SMILES string of the molecule is C=Cc1cccc([C@@H]2NC(=O)NC(C)=C2C(C)=O)c1O. The van der Waals surface area contributed by atoms with Gasteiger partial charge >= 0.3 is 6.03 Å². The first-order chi connectivity index (χ1) is 9.45. The monoisotopic (exact) mass is 272 g/mol. The van der Waals surface area contributed by atoms with Gasteiger partial charge in [0.15, 0.2) is 5.78 Å². The van der Waals surface area contributed by atoms with Crippen LogP contribution in [0.4, 0.5) is 4.79 Å². The molecule has 0 aliphatic carbocycles. The molecule has 1 heterocycles. The molecule has 5 nitrogen and oxygen atoms in total. The van der Waals surface area contributed by atoms with Crippen LogP contribution in [0.25, 0.3) is 6.08 Å². The van der Waals surface area contributed by atoms with Gasteiger partial charge in [-0.1, -0.05) is 30.9 Å². The summed E-state index contributed by atoms with van der Waals surface area (Å²) in [6.45, 7) is 6.72. The molecule has 3 N–H and O–H groups in total. The number of Topliss-reactive ketones (excluding diaryl/α,β-unsaturated/α-hetero) is 1. The molecule has 0 radical (unpaired) electrons. The van der Waals surface area contributed by atoms with E-state index in [0.717, 1.165) is 0 Å². The van der Waals surface area contributed by atoms with Gasteiger partial charge in [0.2, 0.25) is 0 Å². The molecule has 1 aliphatic heterocycles. The van der Waals surface area contributed by atoms with Crippen molar-refractivity contribution in [3.8, 4) is 5.75 Å². The number of nitrogens with one attached hydrogen (secondary N) is 2. The van der Waals surface area contributed by atoms with Crippen LogP contribution in [-0.4, -0.2) is 16.9 Å². The maximum absolute atomic E-state index is 11.8. The largest absolute Gasteiger partial charge is 0.507 e. The first-order valence-corrected chi connectivity index (χ1v) is 6.19. The van der Waals surface area contributed by atoms with E-state index in [1.807, 2.05) is 0 Å². The second-order valence-electron chi connectivity index (χ2n) is 4.62. The van der Waals surface area contributed by atoms with Crippen LogP contribution in [0.2, 0.25) is 0 Å². The fourth-order valence-corrected chi connectivity index (χ4v) is 2.37. The van der Waals surface area contributed by atoms with E-state index in [1.54, 1.807) is 25.1 Å². The molecule has 1 aromatic rings. The van der Waals surface area contributed by atoms with Crippen LogP contribution in [-0.2, 0) is 4.79 Å². The van der Waals surface area contributed by atoms with Gasteiger partial charge in [0.25, 0.3) is 0 Å². The van der Waals surface area contributed by atoms with Gasteiger partial charge in [0.1, 0.15) is 5.75 Å². The average Bonchev–Trinajstić information content (AvgIpc) is 2.37. The molecule has 20 heavy (non-hydrogen) atoms. The van der Waals surface area contributed by atoms with E-state index in [1.165, 1.54) is 13.0 Å². The summed E-state index contributed by atoms with van der Waals surface area (Å²) in [7, 11) is 0. The highest BCUT2D eigenvalue weighted by atomic mass is 16.3. The predicted octanol–water partition coefficient (Wildman–Crippen LogP) is 2.25. The van der Waals surface area contributed by atoms with Crippen LogP contribution in [0.5, 0.6) is 5.75 Å². The zero-order valence-corrected chi connectivity index (χ0v) is 11.4. The first-order valence-electron chi connectivity index (χ1n) is 6.19. The second kappa shape index (κ2) is 5.21. The summed E-state index contributed by atoms with van der Waals surface area (Å²) in [5.74, 6) is -0.148. The Bertz CT molecular complexity index is 632. The van der Waals surface area contributed by atoms with Gasteiger partial charge in [-0.15, -0.1) is 0 Å². The lowest BCUT2D eigenvalue weighted by Gasteiger charge is -2.28. The topological polar surface area (TPSA) is 78.4 Å². The quantitative estimate of drug-likeness (QED) is 0.789. The van der Waals surface area contributed by atoms with Crippen molar-refractivity contribution in [1.29, 1.82) is 0 Å². The number of carbonyl (C=O) groups is 2. The summed E-state index contributed by atoms with van der Waals surface area (Å²) in [6, 6.07) is 4.06. The van der Waals surface area contributed by atoms with Crippen LogP contribution in [0.3, 0.4) is 0 Å². The third-order valence-corrected chi connectivity index (χ3v) is 3.28. The lowest BCUT2D eigenvalue weighted by atomic mass is 9.91. The average molecular weight is 272 g/mol. The number of amides is 2. The van der Waals surface area contributed by atoms with Crippen LogP contribution in [0.1, 0.15) is 31.0 Å². The molecule has 104 valence electrons. The zero-order chi connectivity index (χ0) is 14.9. The van der Waals surface area contributed by atoms with Gasteiger partial charge < -0.3 is 15.7 Å². The van der Waals surface area contributed by atoms with Gasteiger partial charge in [-0.05, 0) is 13.8 Å². The van der Waals surface area contributed by atoms with Crippen LogP contribution in [0.15, 0.2) is 36.0 Å². The number of rotatable bonds is 3. The van der Waals surface area contributed by atoms with E-state index in [2.05, 4.69) is 17.2 Å². The number of hydrogen-bond donors (Lipinski definition) is 3. The molecule has 0 unspecified atom stereocenters. The third kappa shape index (κ3) is 2.30. The van der Waals surface area contributed by atoms with Gasteiger partial charge in [-0.3, -0.25) is 4.79 Å². The van der Waals surface area contributed by atoms with Gasteiger partial charge in [-0.2, -0.15) is 0 Å². The molecule has 0 fully saturated rings. The number of urea groups is 1. The van der Waals surface area contributed by atoms with Crippen LogP contribution in [0, 0.1) is 0 Å². The molecule has 1 atom stereocenters. The Hall–Kier alpha value is -2.56. The Balaban J connectivity index is 2.60. The number of benzene rings is 1. The highest BCUT2D eigenvalue weighted by Gasteiger charge is 2.31. The molecular weight excluding hydrogens is 256 g/mol. The minimum absolute atomic E-state index is 0.0150. The highest BCUT2D eigenvalue weighted by Crippen LogP contribution is 2.34. The Morgan fingerprint density at radius 3 is 2.75 bits per heavy atom. The number of para-hydroxylation sites is 1. The van der Waals surface area contributed by atoms with Crippen molar-refractivity contribution < 1.29 is 14.7 Å². The second-order valence-corrected chi connectivity index (χ2v) is 4.62. The van der Waals surface area contributed by atoms with E-state index in [9.17, 15) is 14.7 Å². The fraction of sp³-hybridized carbons (Fsp3) is 0.200. The van der Waals surface area contributed by atoms with Crippen molar-refractivity contribution in [2.75, 3.05) is 0 Å². The standard InChI is InChI=1S/C15H16N2O3/c1-4-10-6-5-7-11(14(10)19)13-12(9(3)18)8(2)16-15(20)17-13/h4-7,13,19H,1H2,2-3H3,(H2,16,17,20)/t13-/m0/s1. The Morgan fingerprint density at radius 1 is 1.45 bits per heavy atom. The maximum Gasteiger partial charge on any atom is 0.319 e. The maximum atomic E-state index is 11.8. The molecule has 5 heteroatoms. The fourth-order valence-electron chi connectivity index (χ4n) is 2.37. The van der Waals surface area contributed by atoms with Gasteiger partial charge in [-0.25, -0.2) is 4.79 Å². The van der Waals surface area contributed by atoms with Crippen LogP contribution >= 0.6 is 0 Å². The lowest BCUT2D eigenvalue weighted by molar-refractivity contribution is -0.114. The molecule has 1 aromatic carbocycles. The van der Waals surface area contributed by atoms with Crippen molar-refractivity contribution in [2.24, 2.45) is 0 Å². The summed E-state index contributed by atoms with van der Waals surface area (Å²) < 4.78 is 0. The van der Waals surface area contributed by atoms with Crippen molar-refractivity contribution in [3.05, 3.63) is 47.2 Å². The smallest absolute Gasteiger partial charge is 0.319 e. The summed E-state index contributed by atoms with van der Waals surface area (Å²) >= 11 is 0. The number of ketones is 1. The minimum atomic E-state index is -0.666. The van der Waals surface area contributed by atoms with Crippen molar-refractivity contribution in [2.45, 2.75) is 19.9 Å². The summed E-state index contributed by atoms with van der Waals surface area (Å²) in [5, 5.41) is 15.5. The molecule has 0 bridgehead atoms. The van der Waals surface area contributed by atoms with E-state index < -0.39 is 12.1 Å². The molecule has 1 aliphatic rings. The number of hydrogen-bond acceptors (Lipinski definition) is 3. The molecule has 0 saturated carbocycles. The number of allylic oxidation sites excluding steroid dienone is 1. The van der Waals surface area contributed by atoms with E-state index in [4.69, 9.17) is 0 Å². The molecule has 0 aromatic heterocycles. The van der Waals surface area contributed by atoms with E-state index >= 15 is 0 Å². The van der Waals surface area contributed by atoms with Crippen molar-refractivity contribution in [3.63, 3.8) is 0 Å². The van der Waals surface area contributed by atoms with Gasteiger partial charge in [0, 0.05) is 22.4 Å². The minimum Gasteiger partial charge on any atom is -0.507 e. The van der Waals surface area contributed by atoms with E-state index in [0.29, 0.717) is 22.4 Å². The van der Waals surface area contributed by atoms with Crippen LogP contribution < -0.4 is 10.6 Å². The lowest BCUT2D eigenvalue weighted by Crippen LogP contribution is -2.44. The molecule has 2 amide bonds. The van der Waals surface area contributed by atoms with Gasteiger partial charge in [0.05, 0.1) is 6.04 Å². The summed E-state index contributed by atoms with van der Waals surface area (Å²) in [4.78, 5) is 23.4. The Morgan fingerprint density at radius 2 is 2.15 bits per heavy atom. The Labute approximate surface area is 117 Å². The number of carbonyl (C=O) groups excluding carboxylic acids is 2. The molecule has 2 rings (SSSR count). The summed E-state index contributed by atoms with van der Waals surface area (Å²) in [6.07, 6.45) is 1.52. The zero-order valence-electron chi connectivity index (χ0n) is 11.4. The molecule has 0 spiro atoms. The van der Waals surface area contributed by atoms with Crippen molar-refractivity contribution in [1.82, 2.24) is 10.6 Å². The predicted molar refractivity (Wildman–Crippen MR) is 76.0 cm³/mol. The van der Waals surface area contributed by atoms with E-state index in [-0.39, 0.29) is 11.5 Å². The molecular formula is C15H16N2O3. The summed E-state index contributed by atoms with van der Waals surface area (Å²) in [5.41, 5.74) is 1.95. The number of aromatic hydroxyl groups is 1. The van der Waals surface area contributed by atoms with Crippen molar-refractivity contribution >= 4 is 17.9 Å². The number of phenols is 1. The third-order valence-electron chi connectivity index (χ3n) is 3.28.